The van der Waals surface area contributed by atoms with Gasteiger partial charge in [0, 0.05) is 44.3 Å². The van der Waals surface area contributed by atoms with Gasteiger partial charge in [0.2, 0.25) is 5.91 Å². The van der Waals surface area contributed by atoms with Gasteiger partial charge in [-0.05, 0) is 38.1 Å². The Hall–Kier alpha value is -1.62. The molecule has 5 heteroatoms. The van der Waals surface area contributed by atoms with E-state index in [0.29, 0.717) is 24.4 Å². The third kappa shape index (κ3) is 2.38. The van der Waals surface area contributed by atoms with E-state index in [1.807, 2.05) is 18.1 Å². The largest absolute Gasteiger partial charge is 0.353 e. The summed E-state index contributed by atoms with van der Waals surface area (Å²) in [5, 5.41) is 3.25. The molecule has 1 aromatic heterocycles. The molecule has 0 radical (unpaired) electrons. The number of amides is 1. The topological polar surface area (TPSA) is 48.5 Å². The Balaban J connectivity index is 1.75. The van der Waals surface area contributed by atoms with Crippen LogP contribution < -0.4 is 10.2 Å². The minimum atomic E-state index is 0.320. The third-order valence-corrected chi connectivity index (χ3v) is 4.52. The number of hydrogen-bond donors (Lipinski definition) is 1. The van der Waals surface area contributed by atoms with Crippen LogP contribution in [0.15, 0.2) is 18.3 Å². The van der Waals surface area contributed by atoms with Crippen LogP contribution in [0.2, 0.25) is 0 Å². The van der Waals surface area contributed by atoms with Crippen molar-refractivity contribution in [2.45, 2.75) is 31.8 Å². The second-order valence-electron chi connectivity index (χ2n) is 5.68. The number of aromatic nitrogens is 1. The first kappa shape index (κ1) is 13.4. The van der Waals surface area contributed by atoms with Gasteiger partial charge in [0.1, 0.15) is 5.82 Å². The Labute approximate surface area is 120 Å². The van der Waals surface area contributed by atoms with Crippen molar-refractivity contribution in [1.82, 2.24) is 15.2 Å². The molecule has 2 unspecified atom stereocenters. The van der Waals surface area contributed by atoms with Crippen molar-refractivity contribution >= 4 is 11.7 Å². The molecular formula is C15H22N4O. The van der Waals surface area contributed by atoms with Crippen molar-refractivity contribution in [2.75, 3.05) is 31.6 Å². The van der Waals surface area contributed by atoms with Crippen LogP contribution >= 0.6 is 0 Å². The number of piperazine rings is 1. The summed E-state index contributed by atoms with van der Waals surface area (Å²) in [6.45, 7) is 4.77. The summed E-state index contributed by atoms with van der Waals surface area (Å²) >= 11 is 0. The van der Waals surface area contributed by atoms with E-state index in [2.05, 4.69) is 34.3 Å². The quantitative estimate of drug-likeness (QED) is 0.899. The highest BCUT2D eigenvalue weighted by Crippen LogP contribution is 2.26. The lowest BCUT2D eigenvalue weighted by atomic mass is 10.1. The first-order valence-electron chi connectivity index (χ1n) is 7.36. The van der Waals surface area contributed by atoms with Crippen molar-refractivity contribution in [3.63, 3.8) is 0 Å². The molecule has 2 aliphatic rings. The van der Waals surface area contributed by atoms with E-state index < -0.39 is 0 Å². The lowest BCUT2D eigenvalue weighted by Crippen LogP contribution is -2.51. The van der Waals surface area contributed by atoms with E-state index in [9.17, 15) is 4.79 Å². The van der Waals surface area contributed by atoms with Gasteiger partial charge in [-0.1, -0.05) is 0 Å². The van der Waals surface area contributed by atoms with E-state index in [4.69, 9.17) is 0 Å². The Morgan fingerprint density at radius 3 is 3.10 bits per heavy atom. The second-order valence-corrected chi connectivity index (χ2v) is 5.68. The standard InChI is InChI=1S/C15H22N4O/c1-11(16-2)12-5-6-17-14(9-12)18-7-8-19-13(10-18)3-4-15(19)20/h5-6,9,11,13,16H,3-4,7-8,10H2,1-2H3. The molecular weight excluding hydrogens is 252 g/mol. The predicted octanol–water partition coefficient (Wildman–Crippen LogP) is 1.17. The zero-order valence-corrected chi connectivity index (χ0v) is 12.2. The molecule has 2 atom stereocenters. The Bertz CT molecular complexity index is 504. The number of rotatable bonds is 3. The predicted molar refractivity (Wildman–Crippen MR) is 78.7 cm³/mol. The van der Waals surface area contributed by atoms with Gasteiger partial charge in [-0.25, -0.2) is 4.98 Å². The molecule has 5 nitrogen and oxygen atoms in total. The maximum Gasteiger partial charge on any atom is 0.223 e. The number of carbonyl (C=O) groups excluding carboxylic acids is 1. The molecule has 0 bridgehead atoms. The van der Waals surface area contributed by atoms with E-state index >= 15 is 0 Å². The smallest absolute Gasteiger partial charge is 0.223 e. The van der Waals surface area contributed by atoms with E-state index in [0.717, 1.165) is 31.9 Å². The summed E-state index contributed by atoms with van der Waals surface area (Å²) in [6, 6.07) is 4.92. The summed E-state index contributed by atoms with van der Waals surface area (Å²) in [6.07, 6.45) is 3.58. The lowest BCUT2D eigenvalue weighted by Gasteiger charge is -2.38. The molecule has 0 aliphatic carbocycles. The van der Waals surface area contributed by atoms with Gasteiger partial charge >= 0.3 is 0 Å². The van der Waals surface area contributed by atoms with Crippen LogP contribution in [-0.4, -0.2) is 48.5 Å². The van der Waals surface area contributed by atoms with Gasteiger partial charge in [0.15, 0.2) is 0 Å². The number of nitrogens with one attached hydrogen (secondary N) is 1. The van der Waals surface area contributed by atoms with Crippen molar-refractivity contribution in [3.8, 4) is 0 Å². The molecule has 0 spiro atoms. The molecule has 0 saturated carbocycles. The maximum absolute atomic E-state index is 11.7. The van der Waals surface area contributed by atoms with E-state index in [1.54, 1.807) is 0 Å². The van der Waals surface area contributed by atoms with Crippen LogP contribution in [0.4, 0.5) is 5.82 Å². The molecule has 0 aromatic carbocycles. The second kappa shape index (κ2) is 5.40. The normalized spacial score (nSPS) is 23.9. The Morgan fingerprint density at radius 2 is 2.30 bits per heavy atom. The van der Waals surface area contributed by atoms with Gasteiger partial charge in [-0.15, -0.1) is 0 Å². The van der Waals surface area contributed by atoms with Crippen molar-refractivity contribution in [3.05, 3.63) is 23.9 Å². The first-order chi connectivity index (χ1) is 9.69. The van der Waals surface area contributed by atoms with Crippen LogP contribution in [0.5, 0.6) is 0 Å². The molecule has 108 valence electrons. The minimum absolute atomic E-state index is 0.320. The van der Waals surface area contributed by atoms with E-state index in [1.165, 1.54) is 5.56 Å². The molecule has 3 rings (SSSR count). The lowest BCUT2D eigenvalue weighted by molar-refractivity contribution is -0.129. The average Bonchev–Trinajstić information content (AvgIpc) is 2.87. The van der Waals surface area contributed by atoms with Crippen LogP contribution in [-0.2, 0) is 4.79 Å². The first-order valence-corrected chi connectivity index (χ1v) is 7.36. The number of carbonyl (C=O) groups is 1. The maximum atomic E-state index is 11.7. The Kier molecular flexibility index (Phi) is 3.61. The number of hydrogen-bond acceptors (Lipinski definition) is 4. The monoisotopic (exact) mass is 274 g/mol. The molecule has 2 saturated heterocycles. The van der Waals surface area contributed by atoms with Crippen molar-refractivity contribution in [1.29, 1.82) is 0 Å². The van der Waals surface area contributed by atoms with Crippen LogP contribution in [0.25, 0.3) is 0 Å². The summed E-state index contributed by atoms with van der Waals surface area (Å²) in [5.74, 6) is 1.35. The molecule has 2 fully saturated rings. The number of fused-ring (bicyclic) bond motifs is 1. The van der Waals surface area contributed by atoms with Crippen LogP contribution in [0, 0.1) is 0 Å². The molecule has 1 N–H and O–H groups in total. The highest BCUT2D eigenvalue weighted by molar-refractivity contribution is 5.79. The Morgan fingerprint density at radius 1 is 1.45 bits per heavy atom. The summed E-state index contributed by atoms with van der Waals surface area (Å²) in [5.41, 5.74) is 1.25. The molecule has 2 aliphatic heterocycles. The fourth-order valence-electron chi connectivity index (χ4n) is 3.12. The average molecular weight is 274 g/mol. The zero-order valence-electron chi connectivity index (χ0n) is 12.2. The van der Waals surface area contributed by atoms with Crippen molar-refractivity contribution < 1.29 is 4.79 Å². The molecule has 20 heavy (non-hydrogen) atoms. The fourth-order valence-corrected chi connectivity index (χ4v) is 3.12. The minimum Gasteiger partial charge on any atom is -0.353 e. The summed E-state index contributed by atoms with van der Waals surface area (Å²) < 4.78 is 0. The fraction of sp³-hybridized carbons (Fsp3) is 0.600. The highest BCUT2D eigenvalue weighted by atomic mass is 16.2. The van der Waals surface area contributed by atoms with Gasteiger partial charge in [-0.3, -0.25) is 4.79 Å². The summed E-state index contributed by atoms with van der Waals surface area (Å²) in [7, 11) is 1.97. The molecule has 1 aromatic rings. The number of anilines is 1. The SMILES string of the molecule is CNC(C)c1ccnc(N2CCN3C(=O)CCC3C2)c1. The van der Waals surface area contributed by atoms with Crippen molar-refractivity contribution in [2.24, 2.45) is 0 Å². The zero-order chi connectivity index (χ0) is 14.1. The third-order valence-electron chi connectivity index (χ3n) is 4.52. The number of nitrogens with zero attached hydrogens (tertiary/aromatic N) is 3. The van der Waals surface area contributed by atoms with E-state index in [-0.39, 0.29) is 0 Å². The number of pyridine rings is 1. The van der Waals surface area contributed by atoms with Crippen LogP contribution in [0.3, 0.4) is 0 Å². The van der Waals surface area contributed by atoms with Gasteiger partial charge in [-0.2, -0.15) is 0 Å². The van der Waals surface area contributed by atoms with Crippen LogP contribution in [0.1, 0.15) is 31.4 Å². The van der Waals surface area contributed by atoms with Gasteiger partial charge in [0.25, 0.3) is 0 Å². The molecule has 3 heterocycles. The summed E-state index contributed by atoms with van der Waals surface area (Å²) in [4.78, 5) is 20.6. The van der Waals surface area contributed by atoms with Gasteiger partial charge in [0.05, 0.1) is 0 Å². The highest BCUT2D eigenvalue weighted by Gasteiger charge is 2.35. The molecule has 1 amide bonds. The van der Waals surface area contributed by atoms with Gasteiger partial charge < -0.3 is 15.1 Å².